The van der Waals surface area contributed by atoms with Crippen LogP contribution in [0.5, 0.6) is 0 Å². The van der Waals surface area contributed by atoms with E-state index in [4.69, 9.17) is 0 Å². The predicted molar refractivity (Wildman–Crippen MR) is 70.2 cm³/mol. The highest BCUT2D eigenvalue weighted by Crippen LogP contribution is 2.29. The van der Waals surface area contributed by atoms with Gasteiger partial charge in [-0.1, -0.05) is 23.4 Å². The summed E-state index contributed by atoms with van der Waals surface area (Å²) >= 11 is 0. The van der Waals surface area contributed by atoms with Crippen molar-refractivity contribution in [3.8, 4) is 16.9 Å². The van der Waals surface area contributed by atoms with Gasteiger partial charge in [-0.25, -0.2) is 9.67 Å². The van der Waals surface area contributed by atoms with Gasteiger partial charge in [0.05, 0.1) is 23.9 Å². The molecule has 1 aromatic carbocycles. The molecule has 22 heavy (non-hydrogen) atoms. The maximum absolute atomic E-state index is 12.6. The highest BCUT2D eigenvalue weighted by molar-refractivity contribution is 5.69. The first-order valence-electron chi connectivity index (χ1n) is 6.09. The largest absolute Gasteiger partial charge is 0.436 e. The van der Waals surface area contributed by atoms with Crippen molar-refractivity contribution in [3.05, 3.63) is 58.9 Å². The number of H-pyrrole nitrogens is 1. The van der Waals surface area contributed by atoms with Crippen molar-refractivity contribution in [2.45, 2.75) is 6.18 Å². The Hall–Kier alpha value is -2.97. The highest BCUT2D eigenvalue weighted by Gasteiger charge is 2.34. The van der Waals surface area contributed by atoms with Gasteiger partial charge in [-0.3, -0.25) is 4.79 Å². The summed E-state index contributed by atoms with van der Waals surface area (Å²) in [6.45, 7) is 0. The molecule has 1 N–H and O–H groups in total. The van der Waals surface area contributed by atoms with Gasteiger partial charge in [0.15, 0.2) is 5.69 Å². The summed E-state index contributed by atoms with van der Waals surface area (Å²) < 4.78 is 38.9. The minimum Gasteiger partial charge on any atom is -0.313 e. The average Bonchev–Trinajstić information content (AvgIpc) is 2.97. The monoisotopic (exact) mass is 307 g/mol. The van der Waals surface area contributed by atoms with Gasteiger partial charge in [-0.2, -0.15) is 13.2 Å². The predicted octanol–water partition coefficient (Wildman–Crippen LogP) is 2.04. The average molecular weight is 307 g/mol. The van der Waals surface area contributed by atoms with E-state index in [2.05, 4.69) is 20.3 Å². The van der Waals surface area contributed by atoms with Gasteiger partial charge in [0.1, 0.15) is 0 Å². The molecule has 112 valence electrons. The number of rotatable bonds is 2. The van der Waals surface area contributed by atoms with Crippen LogP contribution in [0, 0.1) is 0 Å². The fourth-order valence-corrected chi connectivity index (χ4v) is 1.92. The Kier molecular flexibility index (Phi) is 3.24. The van der Waals surface area contributed by atoms with E-state index >= 15 is 0 Å². The minimum absolute atomic E-state index is 0.323. The normalized spacial score (nSPS) is 11.6. The molecule has 0 spiro atoms. The zero-order valence-electron chi connectivity index (χ0n) is 10.9. The molecule has 0 bridgehead atoms. The molecule has 0 atom stereocenters. The number of nitrogens with one attached hydrogen (secondary N) is 1. The van der Waals surface area contributed by atoms with E-state index < -0.39 is 11.9 Å². The van der Waals surface area contributed by atoms with E-state index in [9.17, 15) is 18.0 Å². The van der Waals surface area contributed by atoms with Crippen molar-refractivity contribution in [2.24, 2.45) is 0 Å². The highest BCUT2D eigenvalue weighted by atomic mass is 19.4. The summed E-state index contributed by atoms with van der Waals surface area (Å²) in [5.74, 6) is 0. The van der Waals surface area contributed by atoms with Crippen LogP contribution < -0.4 is 5.56 Å². The van der Waals surface area contributed by atoms with E-state index in [-0.39, 0.29) is 5.56 Å². The lowest BCUT2D eigenvalue weighted by Gasteiger charge is -2.07. The summed E-state index contributed by atoms with van der Waals surface area (Å²) in [7, 11) is 0. The zero-order chi connectivity index (χ0) is 15.7. The van der Waals surface area contributed by atoms with Crippen molar-refractivity contribution in [1.82, 2.24) is 25.0 Å². The van der Waals surface area contributed by atoms with E-state index in [1.54, 1.807) is 24.3 Å². The fraction of sp³-hybridized carbons (Fsp3) is 0.0769. The quantitative estimate of drug-likeness (QED) is 0.786. The van der Waals surface area contributed by atoms with Crippen LogP contribution >= 0.6 is 0 Å². The molecule has 0 radical (unpaired) electrons. The summed E-state index contributed by atoms with van der Waals surface area (Å²) in [5.41, 5.74) is -0.338. The number of hydrogen-bond acceptors (Lipinski definition) is 4. The molecule has 3 rings (SSSR count). The Morgan fingerprint density at radius 2 is 1.95 bits per heavy atom. The third-order valence-electron chi connectivity index (χ3n) is 2.89. The SMILES string of the molecule is O=c1cc(-c2ccccc2-n2cc(C(F)(F)F)nn2)nc[nH]1. The molecule has 0 saturated heterocycles. The number of hydrogen-bond donors (Lipinski definition) is 1. The van der Waals surface area contributed by atoms with E-state index in [0.717, 1.165) is 10.9 Å². The van der Waals surface area contributed by atoms with Crippen molar-refractivity contribution in [2.75, 3.05) is 0 Å². The summed E-state index contributed by atoms with van der Waals surface area (Å²) in [4.78, 5) is 17.8. The lowest BCUT2D eigenvalue weighted by molar-refractivity contribution is -0.141. The second-order valence-corrected chi connectivity index (χ2v) is 4.36. The lowest BCUT2D eigenvalue weighted by atomic mass is 10.1. The smallest absolute Gasteiger partial charge is 0.313 e. The zero-order valence-corrected chi connectivity index (χ0v) is 10.9. The van der Waals surface area contributed by atoms with E-state index in [1.807, 2.05) is 0 Å². The Balaban J connectivity index is 2.13. The third kappa shape index (κ3) is 2.60. The van der Waals surface area contributed by atoms with Gasteiger partial charge in [0.2, 0.25) is 0 Å². The minimum atomic E-state index is -4.57. The Labute approximate surface area is 121 Å². The number of aromatic nitrogens is 5. The number of benzene rings is 1. The number of alkyl halides is 3. The second kappa shape index (κ2) is 5.10. The molecule has 9 heteroatoms. The summed E-state index contributed by atoms with van der Waals surface area (Å²) in [5, 5.41) is 6.61. The van der Waals surface area contributed by atoms with Crippen molar-refractivity contribution in [1.29, 1.82) is 0 Å². The van der Waals surface area contributed by atoms with Crippen LogP contribution in [0.25, 0.3) is 16.9 Å². The van der Waals surface area contributed by atoms with Crippen LogP contribution in [-0.4, -0.2) is 25.0 Å². The summed E-state index contributed by atoms with van der Waals surface area (Å²) in [6.07, 6.45) is -2.57. The standard InChI is InChI=1S/C13H8F3N5O/c14-13(15,16)11-6-21(20-19-11)10-4-2-1-3-8(10)9-5-12(22)18-7-17-9/h1-7H,(H,17,18,22). The molecular formula is C13H8F3N5O. The molecule has 0 amide bonds. The molecular weight excluding hydrogens is 299 g/mol. The topological polar surface area (TPSA) is 76.5 Å². The van der Waals surface area contributed by atoms with Gasteiger partial charge in [0, 0.05) is 11.6 Å². The van der Waals surface area contributed by atoms with Gasteiger partial charge in [-0.15, -0.1) is 5.10 Å². The molecule has 0 saturated carbocycles. The number of aromatic amines is 1. The van der Waals surface area contributed by atoms with Crippen LogP contribution in [0.15, 0.2) is 47.7 Å². The van der Waals surface area contributed by atoms with E-state index in [0.29, 0.717) is 16.9 Å². The number of nitrogens with zero attached hydrogens (tertiary/aromatic N) is 4. The van der Waals surface area contributed by atoms with E-state index in [1.165, 1.54) is 12.4 Å². The molecule has 0 fully saturated rings. The number of halogens is 3. The lowest BCUT2D eigenvalue weighted by Crippen LogP contribution is -2.06. The van der Waals surface area contributed by atoms with Gasteiger partial charge in [0.25, 0.3) is 5.56 Å². The fourth-order valence-electron chi connectivity index (χ4n) is 1.92. The van der Waals surface area contributed by atoms with Crippen LogP contribution in [-0.2, 0) is 6.18 Å². The second-order valence-electron chi connectivity index (χ2n) is 4.36. The first kappa shape index (κ1) is 14.0. The molecule has 2 heterocycles. The Morgan fingerprint density at radius 3 is 2.64 bits per heavy atom. The molecule has 0 unspecified atom stereocenters. The Morgan fingerprint density at radius 1 is 1.18 bits per heavy atom. The van der Waals surface area contributed by atoms with Crippen LogP contribution in [0.2, 0.25) is 0 Å². The maximum atomic E-state index is 12.6. The molecule has 0 aliphatic heterocycles. The van der Waals surface area contributed by atoms with Crippen molar-refractivity contribution in [3.63, 3.8) is 0 Å². The third-order valence-corrected chi connectivity index (χ3v) is 2.89. The Bertz CT molecular complexity index is 868. The van der Waals surface area contributed by atoms with Crippen molar-refractivity contribution >= 4 is 0 Å². The first-order chi connectivity index (χ1) is 10.4. The van der Waals surface area contributed by atoms with Gasteiger partial charge in [-0.05, 0) is 6.07 Å². The number of para-hydroxylation sites is 1. The molecule has 0 aliphatic rings. The maximum Gasteiger partial charge on any atom is 0.436 e. The molecule has 3 aromatic rings. The first-order valence-corrected chi connectivity index (χ1v) is 6.09. The van der Waals surface area contributed by atoms with Crippen molar-refractivity contribution < 1.29 is 13.2 Å². The molecule has 0 aliphatic carbocycles. The molecule has 6 nitrogen and oxygen atoms in total. The molecule has 2 aromatic heterocycles. The van der Waals surface area contributed by atoms with Gasteiger partial charge >= 0.3 is 6.18 Å². The van der Waals surface area contributed by atoms with Crippen LogP contribution in [0.4, 0.5) is 13.2 Å². The van der Waals surface area contributed by atoms with Crippen LogP contribution in [0.3, 0.4) is 0 Å². The summed E-state index contributed by atoms with van der Waals surface area (Å²) in [6, 6.07) is 7.77. The van der Waals surface area contributed by atoms with Crippen LogP contribution in [0.1, 0.15) is 5.69 Å². The van der Waals surface area contributed by atoms with Gasteiger partial charge < -0.3 is 4.98 Å².